The maximum atomic E-state index is 13.7. The number of carbonyl (C=O) groups excluding carboxylic acids is 2. The number of ether oxygens (including phenoxy) is 1. The fourth-order valence-corrected chi connectivity index (χ4v) is 5.23. The van der Waals surface area contributed by atoms with Gasteiger partial charge in [-0.05, 0) is 36.6 Å². The Hall–Kier alpha value is -4.04. The third-order valence-corrected chi connectivity index (χ3v) is 7.13. The molecule has 1 unspecified atom stereocenters. The molecule has 0 saturated carbocycles. The highest BCUT2D eigenvalue weighted by Crippen LogP contribution is 2.43. The Morgan fingerprint density at radius 2 is 1.94 bits per heavy atom. The number of esters is 1. The summed E-state index contributed by atoms with van der Waals surface area (Å²) in [5, 5.41) is 0.692. The van der Waals surface area contributed by atoms with Crippen LogP contribution < -0.4 is 10.3 Å². The number of benzene rings is 2. The zero-order valence-corrected chi connectivity index (χ0v) is 20.1. The summed E-state index contributed by atoms with van der Waals surface area (Å²) in [6.07, 6.45) is 2.34. The predicted octanol–water partition coefficient (Wildman–Crippen LogP) is 5.21. The summed E-state index contributed by atoms with van der Waals surface area (Å²) in [6, 6.07) is 13.9. The highest BCUT2D eigenvalue weighted by atomic mass is 32.1. The zero-order valence-electron chi connectivity index (χ0n) is 19.2. The van der Waals surface area contributed by atoms with Gasteiger partial charge in [0.15, 0.2) is 10.6 Å². The summed E-state index contributed by atoms with van der Waals surface area (Å²) in [5.74, 6) is -1.03. The number of carbonyl (C=O) groups is 2. The van der Waals surface area contributed by atoms with E-state index in [9.17, 15) is 14.4 Å². The van der Waals surface area contributed by atoms with Gasteiger partial charge in [-0.3, -0.25) is 14.5 Å². The Kier molecular flexibility index (Phi) is 5.82. The van der Waals surface area contributed by atoms with Crippen LogP contribution in [0.2, 0.25) is 0 Å². The summed E-state index contributed by atoms with van der Waals surface area (Å²) >= 11 is 1.05. The van der Waals surface area contributed by atoms with Crippen molar-refractivity contribution in [1.29, 1.82) is 0 Å². The molecule has 0 aliphatic carbocycles. The number of thiazole rings is 1. The number of amides is 1. The van der Waals surface area contributed by atoms with Gasteiger partial charge in [-0.1, -0.05) is 67.3 Å². The number of para-hydroxylation sites is 1. The maximum Gasteiger partial charge on any atom is 0.350 e. The van der Waals surface area contributed by atoms with Gasteiger partial charge in [0.05, 0.1) is 22.7 Å². The van der Waals surface area contributed by atoms with Crippen LogP contribution in [0.15, 0.2) is 70.4 Å². The number of anilines is 1. The van der Waals surface area contributed by atoms with E-state index >= 15 is 0 Å². The van der Waals surface area contributed by atoms with Gasteiger partial charge < -0.3 is 9.15 Å². The molecule has 0 N–H and O–H groups in total. The van der Waals surface area contributed by atoms with Crippen molar-refractivity contribution in [3.8, 4) is 0 Å². The molecular weight excluding hydrogens is 464 g/mol. The van der Waals surface area contributed by atoms with Gasteiger partial charge in [-0.15, -0.1) is 0 Å². The molecule has 0 fully saturated rings. The minimum absolute atomic E-state index is 0.0121. The first-order valence-electron chi connectivity index (χ1n) is 11.2. The molecule has 1 amide bonds. The molecule has 176 valence electrons. The predicted molar refractivity (Wildman–Crippen MR) is 134 cm³/mol. The Morgan fingerprint density at radius 1 is 1.20 bits per heavy atom. The van der Waals surface area contributed by atoms with Crippen LogP contribution in [-0.2, 0) is 11.2 Å². The Morgan fingerprint density at radius 3 is 2.66 bits per heavy atom. The van der Waals surface area contributed by atoms with Crippen LogP contribution in [0.25, 0.3) is 11.0 Å². The molecule has 0 saturated heterocycles. The number of aromatic nitrogens is 1. The lowest BCUT2D eigenvalue weighted by Gasteiger charge is -2.22. The van der Waals surface area contributed by atoms with E-state index in [2.05, 4.69) is 18.5 Å². The summed E-state index contributed by atoms with van der Waals surface area (Å²) in [7, 11) is 0. The summed E-state index contributed by atoms with van der Waals surface area (Å²) in [6.45, 7) is 7.36. The van der Waals surface area contributed by atoms with Crippen LogP contribution in [0.4, 0.5) is 5.13 Å². The van der Waals surface area contributed by atoms with Crippen molar-refractivity contribution in [3.63, 3.8) is 0 Å². The molecule has 4 aromatic rings. The van der Waals surface area contributed by atoms with E-state index in [1.165, 1.54) is 11.0 Å². The second-order valence-corrected chi connectivity index (χ2v) is 9.12. The van der Waals surface area contributed by atoms with Gasteiger partial charge in [-0.25, -0.2) is 9.78 Å². The van der Waals surface area contributed by atoms with Crippen molar-refractivity contribution < 1.29 is 18.7 Å². The molecule has 2 aromatic heterocycles. The molecule has 0 bridgehead atoms. The van der Waals surface area contributed by atoms with E-state index in [1.54, 1.807) is 31.2 Å². The number of hydrogen-bond donors (Lipinski definition) is 0. The van der Waals surface area contributed by atoms with E-state index in [4.69, 9.17) is 9.15 Å². The molecule has 1 aliphatic rings. The average molecular weight is 487 g/mol. The zero-order chi connectivity index (χ0) is 24.7. The highest BCUT2D eigenvalue weighted by molar-refractivity contribution is 7.17. The van der Waals surface area contributed by atoms with Crippen LogP contribution in [0, 0.1) is 6.92 Å². The topological polar surface area (TPSA) is 89.7 Å². The smallest absolute Gasteiger partial charge is 0.350 e. The van der Waals surface area contributed by atoms with Crippen LogP contribution in [0.5, 0.6) is 0 Å². The molecule has 0 radical (unpaired) electrons. The standard InChI is InChI=1S/C27H22N2O5S/c1-4-14-33-26(32)24-15(3)28-27(35-24)29-21(17-12-10-16(5-2)11-13-17)20-22(30)18-8-6-7-9-19(18)34-23(20)25(29)31/h4,6-13,21H,1,5,14H2,2-3H3. The molecular formula is C27H22N2O5S. The highest BCUT2D eigenvalue weighted by Gasteiger charge is 2.45. The van der Waals surface area contributed by atoms with Gasteiger partial charge in [0.25, 0.3) is 5.91 Å². The van der Waals surface area contributed by atoms with Crippen molar-refractivity contribution >= 4 is 39.3 Å². The normalized spacial score (nSPS) is 14.9. The molecule has 35 heavy (non-hydrogen) atoms. The van der Waals surface area contributed by atoms with Gasteiger partial charge in [0, 0.05) is 0 Å². The third-order valence-electron chi connectivity index (χ3n) is 5.99. The average Bonchev–Trinajstić information content (AvgIpc) is 3.40. The van der Waals surface area contributed by atoms with Gasteiger partial charge >= 0.3 is 5.97 Å². The lowest BCUT2D eigenvalue weighted by molar-refractivity contribution is 0.0554. The van der Waals surface area contributed by atoms with Crippen molar-refractivity contribution in [1.82, 2.24) is 4.98 Å². The van der Waals surface area contributed by atoms with Gasteiger partial charge in [0.1, 0.15) is 17.1 Å². The van der Waals surface area contributed by atoms with E-state index in [0.717, 1.165) is 28.9 Å². The Bertz CT molecular complexity index is 1530. The summed E-state index contributed by atoms with van der Waals surface area (Å²) in [5.41, 5.74) is 2.67. The van der Waals surface area contributed by atoms with Crippen LogP contribution in [-0.4, -0.2) is 23.5 Å². The largest absolute Gasteiger partial charge is 0.457 e. The number of nitrogens with zero attached hydrogens (tertiary/aromatic N) is 2. The van der Waals surface area contributed by atoms with Crippen molar-refractivity contribution in [3.05, 3.63) is 104 Å². The second kappa shape index (κ2) is 8.96. The Balaban J connectivity index is 1.70. The van der Waals surface area contributed by atoms with Crippen molar-refractivity contribution in [2.45, 2.75) is 26.3 Å². The molecule has 7 nitrogen and oxygen atoms in total. The molecule has 5 rings (SSSR count). The van der Waals surface area contributed by atoms with Crippen molar-refractivity contribution in [2.24, 2.45) is 0 Å². The maximum absolute atomic E-state index is 13.7. The first-order chi connectivity index (χ1) is 16.9. The van der Waals surface area contributed by atoms with E-state index in [-0.39, 0.29) is 33.4 Å². The van der Waals surface area contributed by atoms with E-state index in [1.807, 2.05) is 24.3 Å². The fraction of sp³-hybridized carbons (Fsp3) is 0.185. The minimum Gasteiger partial charge on any atom is -0.457 e. The van der Waals surface area contributed by atoms with Crippen LogP contribution >= 0.6 is 11.3 Å². The molecule has 0 spiro atoms. The SMILES string of the molecule is C=CCOC(=O)c1sc(N2C(=O)c3oc4ccccc4c(=O)c3C2c2ccc(CC)cc2)nc1C. The Labute approximate surface area is 205 Å². The summed E-state index contributed by atoms with van der Waals surface area (Å²) < 4.78 is 11.1. The monoisotopic (exact) mass is 486 g/mol. The van der Waals surface area contributed by atoms with Gasteiger partial charge in [0.2, 0.25) is 5.76 Å². The second-order valence-electron chi connectivity index (χ2n) is 8.14. The molecule has 1 aliphatic heterocycles. The van der Waals surface area contributed by atoms with E-state index in [0.29, 0.717) is 16.7 Å². The first-order valence-corrected chi connectivity index (χ1v) is 12.0. The van der Waals surface area contributed by atoms with E-state index < -0.39 is 17.9 Å². The minimum atomic E-state index is -0.744. The quantitative estimate of drug-likeness (QED) is 0.274. The number of hydrogen-bond acceptors (Lipinski definition) is 7. The molecule has 3 heterocycles. The molecule has 1 atom stereocenters. The third kappa shape index (κ3) is 3.76. The van der Waals surface area contributed by atoms with Crippen molar-refractivity contribution in [2.75, 3.05) is 11.5 Å². The summed E-state index contributed by atoms with van der Waals surface area (Å²) in [4.78, 5) is 46.1. The first kappa shape index (κ1) is 22.7. The fourth-order valence-electron chi connectivity index (χ4n) is 4.24. The number of fused-ring (bicyclic) bond motifs is 2. The number of aryl methyl sites for hydroxylation is 2. The van der Waals surface area contributed by atoms with Crippen LogP contribution in [0.3, 0.4) is 0 Å². The molecule has 8 heteroatoms. The van der Waals surface area contributed by atoms with Crippen LogP contribution in [0.1, 0.15) is 55.6 Å². The lowest BCUT2D eigenvalue weighted by atomic mass is 9.97. The lowest BCUT2D eigenvalue weighted by Crippen LogP contribution is -2.29. The van der Waals surface area contributed by atoms with Gasteiger partial charge in [-0.2, -0.15) is 0 Å². The molecule has 2 aromatic carbocycles. The number of rotatable bonds is 6.